The summed E-state index contributed by atoms with van der Waals surface area (Å²) in [5, 5.41) is 4.69. The molecule has 0 atom stereocenters. The SMILES string of the molecule is O=C(COc1ccc2ccccc2c1Br)Nc1ccc(S(=O)(=O)Nc2ccc(F)cc2)cc1. The van der Waals surface area contributed by atoms with Gasteiger partial charge in [0.05, 0.1) is 9.37 Å². The number of fused-ring (bicyclic) bond motifs is 1. The number of anilines is 2. The van der Waals surface area contributed by atoms with Crippen molar-refractivity contribution in [3.63, 3.8) is 0 Å². The standard InChI is InChI=1S/C24H18BrFN2O4S/c25-24-21-4-2-1-3-16(21)5-14-22(24)32-15-23(29)27-18-10-12-20(13-11-18)33(30,31)28-19-8-6-17(26)7-9-19/h1-14,28H,15H2,(H,27,29). The van der Waals surface area contributed by atoms with E-state index in [0.29, 0.717) is 11.4 Å². The minimum atomic E-state index is -3.86. The molecule has 33 heavy (non-hydrogen) atoms. The lowest BCUT2D eigenvalue weighted by Crippen LogP contribution is -2.20. The second-order valence-electron chi connectivity index (χ2n) is 7.07. The van der Waals surface area contributed by atoms with E-state index in [1.165, 1.54) is 36.4 Å². The number of hydrogen-bond donors (Lipinski definition) is 2. The zero-order valence-corrected chi connectivity index (χ0v) is 19.5. The summed E-state index contributed by atoms with van der Waals surface area (Å²) in [7, 11) is -3.86. The molecule has 0 aromatic heterocycles. The molecule has 0 spiro atoms. The van der Waals surface area contributed by atoms with Gasteiger partial charge in [-0.2, -0.15) is 0 Å². The zero-order valence-electron chi connectivity index (χ0n) is 17.1. The molecule has 0 fully saturated rings. The Labute approximate surface area is 198 Å². The van der Waals surface area contributed by atoms with Crippen LogP contribution in [0.5, 0.6) is 5.75 Å². The Morgan fingerprint density at radius 2 is 1.55 bits per heavy atom. The Balaban J connectivity index is 1.37. The smallest absolute Gasteiger partial charge is 0.262 e. The first-order valence-electron chi connectivity index (χ1n) is 9.80. The molecule has 1 amide bonds. The Bertz CT molecular complexity index is 1410. The molecule has 2 N–H and O–H groups in total. The average Bonchev–Trinajstić information content (AvgIpc) is 2.80. The quantitative estimate of drug-likeness (QED) is 0.329. The van der Waals surface area contributed by atoms with E-state index in [-0.39, 0.29) is 17.2 Å². The molecule has 0 aliphatic carbocycles. The number of amides is 1. The van der Waals surface area contributed by atoms with Crippen molar-refractivity contribution in [1.82, 2.24) is 0 Å². The highest BCUT2D eigenvalue weighted by atomic mass is 79.9. The highest BCUT2D eigenvalue weighted by molar-refractivity contribution is 9.10. The number of sulfonamides is 1. The van der Waals surface area contributed by atoms with Crippen molar-refractivity contribution in [2.24, 2.45) is 0 Å². The van der Waals surface area contributed by atoms with Crippen molar-refractivity contribution < 1.29 is 22.3 Å². The Morgan fingerprint density at radius 3 is 2.27 bits per heavy atom. The second kappa shape index (κ2) is 9.60. The number of hydrogen-bond acceptors (Lipinski definition) is 4. The molecular formula is C24H18BrFN2O4S. The Hall–Kier alpha value is -3.43. The molecule has 0 heterocycles. The summed E-state index contributed by atoms with van der Waals surface area (Å²) in [6.07, 6.45) is 0. The minimum Gasteiger partial charge on any atom is -0.483 e. The van der Waals surface area contributed by atoms with Gasteiger partial charge in [-0.05, 0) is 81.3 Å². The number of carbonyl (C=O) groups is 1. The molecule has 0 bridgehead atoms. The fraction of sp³-hybridized carbons (Fsp3) is 0.0417. The van der Waals surface area contributed by atoms with Crippen LogP contribution in [0.2, 0.25) is 0 Å². The molecule has 0 saturated heterocycles. The second-order valence-corrected chi connectivity index (χ2v) is 9.55. The fourth-order valence-electron chi connectivity index (χ4n) is 3.11. The van der Waals surface area contributed by atoms with Crippen LogP contribution >= 0.6 is 15.9 Å². The van der Waals surface area contributed by atoms with Crippen molar-refractivity contribution in [2.75, 3.05) is 16.6 Å². The maximum Gasteiger partial charge on any atom is 0.262 e. The van der Waals surface area contributed by atoms with Gasteiger partial charge in [-0.25, -0.2) is 12.8 Å². The molecule has 0 radical (unpaired) electrons. The molecule has 4 aromatic carbocycles. The average molecular weight is 529 g/mol. The predicted octanol–water partition coefficient (Wildman–Crippen LogP) is 5.56. The summed E-state index contributed by atoms with van der Waals surface area (Å²) in [6, 6.07) is 22.1. The molecule has 9 heteroatoms. The van der Waals surface area contributed by atoms with Crippen LogP contribution in [0.25, 0.3) is 10.8 Å². The highest BCUT2D eigenvalue weighted by Crippen LogP contribution is 2.33. The fourth-order valence-corrected chi connectivity index (χ4v) is 4.78. The van der Waals surface area contributed by atoms with Gasteiger partial charge in [0.25, 0.3) is 15.9 Å². The van der Waals surface area contributed by atoms with Gasteiger partial charge >= 0.3 is 0 Å². The van der Waals surface area contributed by atoms with E-state index in [1.54, 1.807) is 6.07 Å². The summed E-state index contributed by atoms with van der Waals surface area (Å²) in [5.41, 5.74) is 0.660. The number of rotatable bonds is 7. The van der Waals surface area contributed by atoms with E-state index < -0.39 is 21.7 Å². The first-order chi connectivity index (χ1) is 15.8. The monoisotopic (exact) mass is 528 g/mol. The maximum absolute atomic E-state index is 13.0. The van der Waals surface area contributed by atoms with Crippen LogP contribution in [0.4, 0.5) is 15.8 Å². The van der Waals surface area contributed by atoms with Gasteiger partial charge in [0.15, 0.2) is 6.61 Å². The summed E-state index contributed by atoms with van der Waals surface area (Å²) < 4.78 is 46.8. The van der Waals surface area contributed by atoms with Crippen LogP contribution < -0.4 is 14.8 Å². The van der Waals surface area contributed by atoms with Crippen LogP contribution in [-0.4, -0.2) is 20.9 Å². The van der Waals surface area contributed by atoms with Crippen LogP contribution in [0.3, 0.4) is 0 Å². The third-order valence-corrected chi connectivity index (χ3v) is 6.95. The molecule has 168 valence electrons. The maximum atomic E-state index is 13.0. The van der Waals surface area contributed by atoms with E-state index in [4.69, 9.17) is 4.74 Å². The number of carbonyl (C=O) groups excluding carboxylic acids is 1. The lowest BCUT2D eigenvalue weighted by atomic mass is 10.1. The molecule has 4 aromatic rings. The number of halogens is 2. The number of benzene rings is 4. The number of ether oxygens (including phenoxy) is 1. The lowest BCUT2D eigenvalue weighted by molar-refractivity contribution is -0.118. The van der Waals surface area contributed by atoms with Crippen molar-refractivity contribution in [3.05, 3.63) is 95.2 Å². The molecule has 4 rings (SSSR count). The van der Waals surface area contributed by atoms with Gasteiger partial charge in [-0.1, -0.05) is 30.3 Å². The lowest BCUT2D eigenvalue weighted by Gasteiger charge is -2.11. The van der Waals surface area contributed by atoms with E-state index in [2.05, 4.69) is 26.0 Å². The Morgan fingerprint density at radius 1 is 0.879 bits per heavy atom. The zero-order chi connectivity index (χ0) is 23.4. The summed E-state index contributed by atoms with van der Waals surface area (Å²) in [5.74, 6) is -0.317. The Kier molecular flexibility index (Phi) is 6.62. The van der Waals surface area contributed by atoms with Gasteiger partial charge in [-0.15, -0.1) is 0 Å². The van der Waals surface area contributed by atoms with E-state index in [9.17, 15) is 17.6 Å². The van der Waals surface area contributed by atoms with Gasteiger partial charge in [0.1, 0.15) is 11.6 Å². The van der Waals surface area contributed by atoms with Crippen LogP contribution in [0.15, 0.2) is 94.3 Å². The van der Waals surface area contributed by atoms with Gasteiger partial charge in [-0.3, -0.25) is 9.52 Å². The van der Waals surface area contributed by atoms with Crippen molar-refractivity contribution in [3.8, 4) is 5.75 Å². The van der Waals surface area contributed by atoms with Crippen LogP contribution in [0.1, 0.15) is 0 Å². The van der Waals surface area contributed by atoms with Crippen molar-refractivity contribution >= 4 is 54.0 Å². The van der Waals surface area contributed by atoms with E-state index >= 15 is 0 Å². The molecule has 0 aliphatic rings. The van der Waals surface area contributed by atoms with Crippen LogP contribution in [-0.2, 0) is 14.8 Å². The molecule has 0 saturated carbocycles. The largest absolute Gasteiger partial charge is 0.483 e. The molecule has 6 nitrogen and oxygen atoms in total. The first-order valence-corrected chi connectivity index (χ1v) is 12.1. The first kappa shape index (κ1) is 22.8. The summed E-state index contributed by atoms with van der Waals surface area (Å²) in [6.45, 7) is -0.219. The van der Waals surface area contributed by atoms with Gasteiger partial charge in [0.2, 0.25) is 0 Å². The molecular weight excluding hydrogens is 511 g/mol. The molecule has 0 aliphatic heterocycles. The predicted molar refractivity (Wildman–Crippen MR) is 129 cm³/mol. The normalized spacial score (nSPS) is 11.2. The van der Waals surface area contributed by atoms with Gasteiger partial charge in [0, 0.05) is 11.4 Å². The van der Waals surface area contributed by atoms with E-state index in [0.717, 1.165) is 27.4 Å². The number of nitrogens with one attached hydrogen (secondary N) is 2. The highest BCUT2D eigenvalue weighted by Gasteiger charge is 2.15. The topological polar surface area (TPSA) is 84.5 Å². The van der Waals surface area contributed by atoms with E-state index in [1.807, 2.05) is 30.3 Å². The third-order valence-electron chi connectivity index (χ3n) is 4.73. The third kappa shape index (κ3) is 5.50. The van der Waals surface area contributed by atoms with Crippen LogP contribution in [0, 0.1) is 5.82 Å². The van der Waals surface area contributed by atoms with Crippen molar-refractivity contribution in [2.45, 2.75) is 4.90 Å². The summed E-state index contributed by atoms with van der Waals surface area (Å²) >= 11 is 3.51. The summed E-state index contributed by atoms with van der Waals surface area (Å²) in [4.78, 5) is 12.3. The van der Waals surface area contributed by atoms with Gasteiger partial charge < -0.3 is 10.1 Å². The molecule has 0 unspecified atom stereocenters. The minimum absolute atomic E-state index is 0.00108. The van der Waals surface area contributed by atoms with Crippen molar-refractivity contribution in [1.29, 1.82) is 0 Å².